The molecule has 3 aromatic carbocycles. The van der Waals surface area contributed by atoms with Crippen molar-refractivity contribution in [2.75, 3.05) is 0 Å². The van der Waals surface area contributed by atoms with Gasteiger partial charge in [0.1, 0.15) is 11.2 Å². The smallest absolute Gasteiger partial charge is 0.162 e. The van der Waals surface area contributed by atoms with Gasteiger partial charge in [-0.05, 0) is 42.4 Å². The number of allylic oxidation sites excluding steroid dienone is 2. The fourth-order valence-corrected chi connectivity index (χ4v) is 7.73. The zero-order chi connectivity index (χ0) is 33.8. The molecule has 6 heteroatoms. The number of nitrogens with zero attached hydrogens (tertiary/aromatic N) is 1. The third kappa shape index (κ3) is 8.52. The molecule has 2 aromatic heterocycles. The number of carbonyl (C=O) groups is 1. The normalized spacial score (nSPS) is 12.5. The van der Waals surface area contributed by atoms with Crippen LogP contribution in [0.3, 0.4) is 0 Å². The Hall–Kier alpha value is -3.05. The molecule has 253 valence electrons. The second kappa shape index (κ2) is 15.9. The Labute approximate surface area is 296 Å². The second-order valence-corrected chi connectivity index (χ2v) is 19.5. The average Bonchev–Trinajstić information content (AvgIpc) is 3.40. The van der Waals surface area contributed by atoms with E-state index < -0.39 is 8.07 Å². The fraction of sp³-hybridized carbons (Fsp3) is 0.415. The average molecular weight is 827 g/mol. The van der Waals surface area contributed by atoms with Crippen LogP contribution < -0.4 is 5.19 Å². The number of rotatable bonds is 9. The van der Waals surface area contributed by atoms with E-state index in [9.17, 15) is 9.90 Å². The molecule has 4 nitrogen and oxygen atoms in total. The van der Waals surface area contributed by atoms with Gasteiger partial charge in [0.05, 0.1) is 13.8 Å². The molecular formula is C41H52IrNO3Si-. The first-order chi connectivity index (χ1) is 21.7. The van der Waals surface area contributed by atoms with Crippen LogP contribution in [0.5, 0.6) is 0 Å². The van der Waals surface area contributed by atoms with Crippen molar-refractivity contribution in [2.45, 2.75) is 99.2 Å². The number of carbonyl (C=O) groups excluding carboxylic acids is 1. The summed E-state index contributed by atoms with van der Waals surface area (Å²) in [5, 5.41) is 15.8. The first-order valence-corrected chi connectivity index (χ1v) is 20.5. The van der Waals surface area contributed by atoms with Crippen molar-refractivity contribution in [1.29, 1.82) is 0 Å². The standard InChI is InChI=1S/C28H28NOSi.C13H24O2.Ir/c1-28(2,3)23-17-19(16-18-10-7-8-11-20(18)23)25-27-22(14-15-29-25)21-12-9-13-24(26(21)30-27)31(4,5)6;1-5-10(6-2)12(14)9-13(15)11(7-3)8-4;/h7-15,17H,1-6H3;9-11,14H,5-8H2,1-4H3;/q-1;;/b;12-9-;. The van der Waals surface area contributed by atoms with Gasteiger partial charge in [0.2, 0.25) is 0 Å². The van der Waals surface area contributed by atoms with Gasteiger partial charge in [-0.25, -0.2) is 0 Å². The molecular weight excluding hydrogens is 775 g/mol. The first-order valence-electron chi connectivity index (χ1n) is 17.0. The van der Waals surface area contributed by atoms with E-state index in [2.05, 4.69) is 101 Å². The van der Waals surface area contributed by atoms with Crippen LogP contribution in [0.15, 0.2) is 77.0 Å². The molecule has 0 aliphatic heterocycles. The van der Waals surface area contributed by atoms with Crippen LogP contribution in [0, 0.1) is 17.9 Å². The summed E-state index contributed by atoms with van der Waals surface area (Å²) in [6, 6.07) is 23.0. The van der Waals surface area contributed by atoms with Crippen molar-refractivity contribution in [3.63, 3.8) is 0 Å². The molecule has 5 aromatic rings. The van der Waals surface area contributed by atoms with Crippen LogP contribution in [0.4, 0.5) is 0 Å². The summed E-state index contributed by atoms with van der Waals surface area (Å²) >= 11 is 0. The molecule has 2 heterocycles. The van der Waals surface area contributed by atoms with Crippen LogP contribution in [0.2, 0.25) is 19.6 Å². The summed E-state index contributed by atoms with van der Waals surface area (Å²) in [6.45, 7) is 21.9. The maximum atomic E-state index is 11.7. The Morgan fingerprint density at radius 3 is 2.06 bits per heavy atom. The molecule has 0 aliphatic carbocycles. The molecule has 0 atom stereocenters. The van der Waals surface area contributed by atoms with Crippen molar-refractivity contribution >= 4 is 51.8 Å². The van der Waals surface area contributed by atoms with E-state index in [1.54, 1.807) is 0 Å². The van der Waals surface area contributed by atoms with Crippen LogP contribution in [-0.4, -0.2) is 23.9 Å². The van der Waals surface area contributed by atoms with E-state index in [1.165, 1.54) is 27.6 Å². The first kappa shape index (κ1) is 38.4. The van der Waals surface area contributed by atoms with E-state index >= 15 is 0 Å². The quantitative estimate of drug-likeness (QED) is 0.0696. The van der Waals surface area contributed by atoms with Crippen molar-refractivity contribution < 1.29 is 34.4 Å². The predicted molar refractivity (Wildman–Crippen MR) is 199 cm³/mol. The van der Waals surface area contributed by atoms with Crippen LogP contribution in [0.1, 0.15) is 79.7 Å². The Bertz CT molecular complexity index is 1850. The van der Waals surface area contributed by atoms with Gasteiger partial charge in [0, 0.05) is 60.7 Å². The summed E-state index contributed by atoms with van der Waals surface area (Å²) < 4.78 is 6.59. The Morgan fingerprint density at radius 1 is 0.872 bits per heavy atom. The number of hydrogen-bond donors (Lipinski definition) is 1. The van der Waals surface area contributed by atoms with E-state index in [0.717, 1.165) is 58.9 Å². The van der Waals surface area contributed by atoms with Gasteiger partial charge in [0.25, 0.3) is 0 Å². The molecule has 47 heavy (non-hydrogen) atoms. The third-order valence-electron chi connectivity index (χ3n) is 9.14. The summed E-state index contributed by atoms with van der Waals surface area (Å²) in [6.07, 6.45) is 6.80. The summed E-state index contributed by atoms with van der Waals surface area (Å²) in [4.78, 5) is 16.5. The Kier molecular flexibility index (Phi) is 13.0. The molecule has 5 rings (SSSR count). The Morgan fingerprint density at radius 2 is 1.47 bits per heavy atom. The van der Waals surface area contributed by atoms with Crippen molar-refractivity contribution in [2.24, 2.45) is 11.8 Å². The molecule has 0 aliphatic rings. The van der Waals surface area contributed by atoms with Crippen LogP contribution >= 0.6 is 0 Å². The van der Waals surface area contributed by atoms with Gasteiger partial charge in [0.15, 0.2) is 5.78 Å². The minimum atomic E-state index is -1.55. The number of fused-ring (bicyclic) bond motifs is 4. The largest absolute Gasteiger partial charge is 0.512 e. The zero-order valence-electron chi connectivity index (χ0n) is 29.9. The molecule has 0 spiro atoms. The molecule has 1 N–H and O–H groups in total. The summed E-state index contributed by atoms with van der Waals surface area (Å²) in [5.74, 6) is 0.547. The number of ketones is 1. The molecule has 0 amide bonds. The van der Waals surface area contributed by atoms with Gasteiger partial charge in [-0.3, -0.25) is 9.78 Å². The van der Waals surface area contributed by atoms with Crippen molar-refractivity contribution in [3.05, 3.63) is 84.3 Å². The number of benzene rings is 3. The van der Waals surface area contributed by atoms with Crippen LogP contribution in [0.25, 0.3) is 44.0 Å². The fourth-order valence-electron chi connectivity index (χ4n) is 6.26. The monoisotopic (exact) mass is 827 g/mol. The SMILES string of the molecule is CC(C)(C)c1cc(-c2nccc3c2oc2c([Si](C)(C)C)cccc23)[c-]c2ccccc12.CCC(CC)C(=O)/C=C(\O)C(CC)CC.[Ir]. The number of para-hydroxylation sites is 1. The number of aromatic nitrogens is 1. The van der Waals surface area contributed by atoms with Crippen molar-refractivity contribution in [3.8, 4) is 11.3 Å². The van der Waals surface area contributed by atoms with Gasteiger partial charge in [-0.2, -0.15) is 0 Å². The van der Waals surface area contributed by atoms with E-state index in [0.29, 0.717) is 0 Å². The predicted octanol–water partition coefficient (Wildman–Crippen LogP) is 11.3. The van der Waals surface area contributed by atoms with Crippen molar-refractivity contribution in [1.82, 2.24) is 4.98 Å². The molecule has 0 fully saturated rings. The second-order valence-electron chi connectivity index (χ2n) is 14.5. The van der Waals surface area contributed by atoms with E-state index in [-0.39, 0.29) is 48.9 Å². The number of pyridine rings is 1. The summed E-state index contributed by atoms with van der Waals surface area (Å²) in [7, 11) is -1.55. The van der Waals surface area contributed by atoms with Gasteiger partial charge >= 0.3 is 0 Å². The van der Waals surface area contributed by atoms with Gasteiger partial charge < -0.3 is 9.52 Å². The molecule has 0 bridgehead atoms. The maximum Gasteiger partial charge on any atom is 0.162 e. The maximum absolute atomic E-state index is 11.7. The number of aliphatic hydroxyl groups is 1. The molecule has 1 radical (unpaired) electrons. The van der Waals surface area contributed by atoms with E-state index in [1.807, 2.05) is 33.9 Å². The van der Waals surface area contributed by atoms with Gasteiger partial charge in [-0.15, -0.1) is 29.1 Å². The topological polar surface area (TPSA) is 63.3 Å². The number of aliphatic hydroxyl groups excluding tert-OH is 1. The third-order valence-corrected chi connectivity index (χ3v) is 11.2. The van der Waals surface area contributed by atoms with Crippen LogP contribution in [-0.2, 0) is 30.3 Å². The molecule has 0 saturated heterocycles. The number of hydrogen-bond acceptors (Lipinski definition) is 4. The Balaban J connectivity index is 0.000000322. The zero-order valence-corrected chi connectivity index (χ0v) is 33.3. The molecule has 0 saturated carbocycles. The molecule has 0 unspecified atom stereocenters. The van der Waals surface area contributed by atoms with Gasteiger partial charge in [-0.1, -0.05) is 115 Å². The minimum Gasteiger partial charge on any atom is -0.512 e. The minimum absolute atomic E-state index is 0. The van der Waals surface area contributed by atoms with E-state index in [4.69, 9.17) is 9.40 Å². The summed E-state index contributed by atoms with van der Waals surface area (Å²) in [5.41, 5.74) is 5.04. The number of furan rings is 1.